The van der Waals surface area contributed by atoms with Gasteiger partial charge < -0.3 is 0 Å². The number of rotatable bonds is 4. The van der Waals surface area contributed by atoms with Gasteiger partial charge in [-0.05, 0) is 18.9 Å². The second-order valence-electron chi connectivity index (χ2n) is 3.77. The lowest BCUT2D eigenvalue weighted by atomic mass is 9.80. The van der Waals surface area contributed by atoms with Crippen molar-refractivity contribution in [2.24, 2.45) is 0 Å². The maximum absolute atomic E-state index is 10.6. The van der Waals surface area contributed by atoms with Crippen molar-refractivity contribution in [3.05, 3.63) is 46.0 Å². The molecule has 0 fully saturated rings. The molecule has 14 heavy (non-hydrogen) atoms. The van der Waals surface area contributed by atoms with Crippen LogP contribution in [0.3, 0.4) is 0 Å². The maximum atomic E-state index is 10.6. The van der Waals surface area contributed by atoms with Gasteiger partial charge in [0.2, 0.25) is 6.54 Å². The van der Waals surface area contributed by atoms with Gasteiger partial charge in [0.05, 0.1) is 5.41 Å². The second-order valence-corrected chi connectivity index (χ2v) is 3.77. The Labute approximate surface area is 83.9 Å². The Morgan fingerprint density at radius 3 is 2.36 bits per heavy atom. The summed E-state index contributed by atoms with van der Waals surface area (Å²) in [6.45, 7) is 3.91. The van der Waals surface area contributed by atoms with E-state index in [0.29, 0.717) is 0 Å². The molecule has 3 heteroatoms. The average Bonchev–Trinajstić information content (AvgIpc) is 2.18. The molecular weight excluding hydrogens is 178 g/mol. The van der Waals surface area contributed by atoms with E-state index in [1.54, 1.807) is 0 Å². The summed E-state index contributed by atoms with van der Waals surface area (Å²) in [6, 6.07) is 9.66. The van der Waals surface area contributed by atoms with Gasteiger partial charge in [-0.25, -0.2) is 0 Å². The van der Waals surface area contributed by atoms with Gasteiger partial charge in [0.25, 0.3) is 0 Å². The Kier molecular flexibility index (Phi) is 3.23. The number of benzene rings is 1. The second kappa shape index (κ2) is 4.22. The van der Waals surface area contributed by atoms with Crippen LogP contribution in [0.15, 0.2) is 30.3 Å². The fourth-order valence-corrected chi connectivity index (χ4v) is 1.53. The number of hydrogen-bond donors (Lipinski definition) is 0. The first-order chi connectivity index (χ1) is 6.58. The lowest BCUT2D eigenvalue weighted by molar-refractivity contribution is -0.490. The van der Waals surface area contributed by atoms with Crippen molar-refractivity contribution in [3.8, 4) is 0 Å². The van der Waals surface area contributed by atoms with Gasteiger partial charge in [0, 0.05) is 4.92 Å². The molecule has 0 aliphatic carbocycles. The molecule has 0 saturated heterocycles. The van der Waals surface area contributed by atoms with E-state index >= 15 is 0 Å². The molecule has 1 aromatic carbocycles. The molecule has 0 amide bonds. The van der Waals surface area contributed by atoms with Crippen LogP contribution in [0.25, 0.3) is 0 Å². The summed E-state index contributed by atoms with van der Waals surface area (Å²) in [5.41, 5.74) is 0.698. The summed E-state index contributed by atoms with van der Waals surface area (Å²) in [5, 5.41) is 10.6. The zero-order chi connectivity index (χ0) is 10.6. The zero-order valence-corrected chi connectivity index (χ0v) is 8.56. The van der Waals surface area contributed by atoms with Crippen LogP contribution in [-0.2, 0) is 5.41 Å². The number of hydrogen-bond acceptors (Lipinski definition) is 2. The van der Waals surface area contributed by atoms with E-state index in [1.807, 2.05) is 44.2 Å². The van der Waals surface area contributed by atoms with E-state index in [4.69, 9.17) is 0 Å². The lowest BCUT2D eigenvalue weighted by Crippen LogP contribution is -2.30. The van der Waals surface area contributed by atoms with Crippen LogP contribution < -0.4 is 0 Å². The molecule has 0 N–H and O–H groups in total. The first kappa shape index (κ1) is 10.7. The summed E-state index contributed by atoms with van der Waals surface area (Å²) in [6.07, 6.45) is 0.776. The lowest BCUT2D eigenvalue weighted by Gasteiger charge is -2.23. The van der Waals surface area contributed by atoms with Crippen molar-refractivity contribution in [1.82, 2.24) is 0 Å². The van der Waals surface area contributed by atoms with Crippen molar-refractivity contribution < 1.29 is 4.92 Å². The molecule has 0 aliphatic heterocycles. The van der Waals surface area contributed by atoms with Gasteiger partial charge in [-0.3, -0.25) is 10.1 Å². The molecule has 0 aromatic heterocycles. The van der Waals surface area contributed by atoms with Crippen LogP contribution in [0.1, 0.15) is 25.8 Å². The Bertz CT molecular complexity index is 310. The zero-order valence-electron chi connectivity index (χ0n) is 8.56. The molecule has 0 spiro atoms. The largest absolute Gasteiger partial charge is 0.265 e. The van der Waals surface area contributed by atoms with Crippen LogP contribution >= 0.6 is 0 Å². The minimum absolute atomic E-state index is 0.00644. The van der Waals surface area contributed by atoms with Gasteiger partial charge in [-0.15, -0.1) is 0 Å². The quantitative estimate of drug-likeness (QED) is 0.545. The molecule has 1 aromatic rings. The predicted octanol–water partition coefficient (Wildman–Crippen LogP) is 2.63. The Morgan fingerprint density at radius 1 is 1.36 bits per heavy atom. The molecule has 0 bridgehead atoms. The summed E-state index contributed by atoms with van der Waals surface area (Å²) in [4.78, 5) is 10.3. The van der Waals surface area contributed by atoms with E-state index in [-0.39, 0.29) is 16.9 Å². The van der Waals surface area contributed by atoms with Gasteiger partial charge >= 0.3 is 0 Å². The van der Waals surface area contributed by atoms with Crippen LogP contribution in [0, 0.1) is 10.1 Å². The monoisotopic (exact) mass is 193 g/mol. The Balaban J connectivity index is 2.95. The molecule has 0 saturated carbocycles. The van der Waals surface area contributed by atoms with Gasteiger partial charge in [-0.1, -0.05) is 37.3 Å². The van der Waals surface area contributed by atoms with Crippen molar-refractivity contribution >= 4 is 0 Å². The predicted molar refractivity (Wildman–Crippen MR) is 55.9 cm³/mol. The van der Waals surface area contributed by atoms with Crippen LogP contribution in [0.2, 0.25) is 0 Å². The Hall–Kier alpha value is -1.38. The third kappa shape index (κ3) is 2.31. The molecule has 0 heterocycles. The van der Waals surface area contributed by atoms with Crippen molar-refractivity contribution in [1.29, 1.82) is 0 Å². The van der Waals surface area contributed by atoms with E-state index in [0.717, 1.165) is 12.0 Å². The molecule has 3 nitrogen and oxygen atoms in total. The van der Waals surface area contributed by atoms with Crippen molar-refractivity contribution in [3.63, 3.8) is 0 Å². The Morgan fingerprint density at radius 2 is 1.93 bits per heavy atom. The van der Waals surface area contributed by atoms with E-state index in [2.05, 4.69) is 0 Å². The molecule has 76 valence electrons. The first-order valence-corrected chi connectivity index (χ1v) is 4.76. The smallest absolute Gasteiger partial charge is 0.213 e. The summed E-state index contributed by atoms with van der Waals surface area (Å²) in [5.74, 6) is 0. The first-order valence-electron chi connectivity index (χ1n) is 4.76. The summed E-state index contributed by atoms with van der Waals surface area (Å²) in [7, 11) is 0. The fourth-order valence-electron chi connectivity index (χ4n) is 1.53. The molecule has 1 rings (SSSR count). The molecule has 0 radical (unpaired) electrons. The van der Waals surface area contributed by atoms with Gasteiger partial charge in [-0.2, -0.15) is 0 Å². The van der Waals surface area contributed by atoms with E-state index in [9.17, 15) is 10.1 Å². The normalized spacial score (nSPS) is 14.7. The van der Waals surface area contributed by atoms with E-state index < -0.39 is 0 Å². The maximum Gasteiger partial charge on any atom is 0.213 e. The highest BCUT2D eigenvalue weighted by Crippen LogP contribution is 2.27. The van der Waals surface area contributed by atoms with Crippen LogP contribution in [0.5, 0.6) is 0 Å². The summed E-state index contributed by atoms with van der Waals surface area (Å²) >= 11 is 0. The van der Waals surface area contributed by atoms with Crippen molar-refractivity contribution in [2.75, 3.05) is 6.54 Å². The standard InChI is InChI=1S/C11H15NO2/c1-3-11(2,9-12(13)14)10-7-5-4-6-8-10/h4-8H,3,9H2,1-2H3/t11-/m1/s1. The minimum atomic E-state index is -0.342. The molecule has 0 unspecified atom stereocenters. The highest BCUT2D eigenvalue weighted by Gasteiger charge is 2.30. The van der Waals surface area contributed by atoms with Crippen LogP contribution in [0.4, 0.5) is 0 Å². The topological polar surface area (TPSA) is 43.1 Å². The molecular formula is C11H15NO2. The fraction of sp³-hybridized carbons (Fsp3) is 0.455. The SMILES string of the molecule is CC[C@](C)(C[N+](=O)[O-])c1ccccc1. The van der Waals surface area contributed by atoms with Gasteiger partial charge in [0.1, 0.15) is 0 Å². The molecule has 0 aliphatic rings. The highest BCUT2D eigenvalue weighted by molar-refractivity contribution is 5.24. The van der Waals surface area contributed by atoms with E-state index in [1.165, 1.54) is 0 Å². The highest BCUT2D eigenvalue weighted by atomic mass is 16.6. The van der Waals surface area contributed by atoms with Crippen molar-refractivity contribution in [2.45, 2.75) is 25.7 Å². The molecule has 1 atom stereocenters. The third-order valence-electron chi connectivity index (χ3n) is 2.73. The number of nitrogens with zero attached hydrogens (tertiary/aromatic N) is 1. The number of nitro groups is 1. The third-order valence-corrected chi connectivity index (χ3v) is 2.73. The van der Waals surface area contributed by atoms with Crippen LogP contribution in [-0.4, -0.2) is 11.5 Å². The average molecular weight is 193 g/mol. The van der Waals surface area contributed by atoms with Gasteiger partial charge in [0.15, 0.2) is 0 Å². The summed E-state index contributed by atoms with van der Waals surface area (Å²) < 4.78 is 0. The minimum Gasteiger partial charge on any atom is -0.265 e.